The molecule has 5 heteroatoms. The van der Waals surface area contributed by atoms with E-state index in [4.69, 9.17) is 14.5 Å². The number of benzene rings is 2. The molecule has 2 aromatic carbocycles. The molecule has 0 unspecified atom stereocenters. The van der Waals surface area contributed by atoms with Gasteiger partial charge in [-0.05, 0) is 67.8 Å². The van der Waals surface area contributed by atoms with Gasteiger partial charge in [-0.3, -0.25) is 0 Å². The van der Waals surface area contributed by atoms with Crippen LogP contribution < -0.4 is 9.47 Å². The zero-order valence-electron chi connectivity index (χ0n) is 15.7. The molecule has 138 valence electrons. The third kappa shape index (κ3) is 3.99. The smallest absolute Gasteiger partial charge is 0.119 e. The van der Waals surface area contributed by atoms with Crippen LogP contribution in [0.3, 0.4) is 0 Å². The second-order valence-electron chi connectivity index (χ2n) is 6.46. The van der Waals surface area contributed by atoms with Gasteiger partial charge in [0, 0.05) is 13.0 Å². The van der Waals surface area contributed by atoms with Crippen LogP contribution in [0.15, 0.2) is 36.4 Å². The maximum Gasteiger partial charge on any atom is 0.119 e. The van der Waals surface area contributed by atoms with Crippen molar-refractivity contribution in [1.29, 1.82) is 0 Å². The van der Waals surface area contributed by atoms with Gasteiger partial charge in [-0.15, -0.1) is 0 Å². The lowest BCUT2D eigenvalue weighted by Crippen LogP contribution is -2.11. The van der Waals surface area contributed by atoms with Gasteiger partial charge in [-0.1, -0.05) is 0 Å². The highest BCUT2D eigenvalue weighted by Crippen LogP contribution is 2.22. The number of imidazole rings is 1. The van der Waals surface area contributed by atoms with E-state index in [1.807, 2.05) is 24.3 Å². The molecule has 26 heavy (non-hydrogen) atoms. The van der Waals surface area contributed by atoms with E-state index in [1.165, 1.54) is 11.1 Å². The topological polar surface area (TPSA) is 56.5 Å². The summed E-state index contributed by atoms with van der Waals surface area (Å²) in [4.78, 5) is 4.78. The van der Waals surface area contributed by atoms with E-state index in [2.05, 4.69) is 30.5 Å². The minimum Gasteiger partial charge on any atom is -0.497 e. The van der Waals surface area contributed by atoms with Gasteiger partial charge in [0.1, 0.15) is 23.9 Å². The van der Waals surface area contributed by atoms with Crippen LogP contribution in [-0.4, -0.2) is 35.0 Å². The molecule has 0 atom stereocenters. The van der Waals surface area contributed by atoms with Crippen LogP contribution in [0.5, 0.6) is 11.5 Å². The predicted octanol–water partition coefficient (Wildman–Crippen LogP) is 3.67. The highest BCUT2D eigenvalue weighted by atomic mass is 16.5. The lowest BCUT2D eigenvalue weighted by Gasteiger charge is -2.11. The second kappa shape index (κ2) is 8.23. The fourth-order valence-corrected chi connectivity index (χ4v) is 3.03. The van der Waals surface area contributed by atoms with E-state index in [9.17, 15) is 5.11 Å². The van der Waals surface area contributed by atoms with Gasteiger partial charge in [-0.25, -0.2) is 4.98 Å². The van der Waals surface area contributed by atoms with Crippen LogP contribution in [0.25, 0.3) is 11.0 Å². The number of aliphatic hydroxyl groups is 1. The maximum atomic E-state index is 9.18. The number of ether oxygens (including phenoxy) is 2. The molecule has 0 saturated heterocycles. The van der Waals surface area contributed by atoms with Crippen molar-refractivity contribution < 1.29 is 14.6 Å². The Balaban J connectivity index is 1.78. The fourth-order valence-electron chi connectivity index (χ4n) is 3.03. The first-order valence-electron chi connectivity index (χ1n) is 8.96. The van der Waals surface area contributed by atoms with Gasteiger partial charge in [0.05, 0.1) is 24.7 Å². The molecule has 0 bridgehead atoms. The van der Waals surface area contributed by atoms with Gasteiger partial charge >= 0.3 is 0 Å². The SMILES string of the molecule is COc1ccc(OCCn2c(CCCO)nc3cc(C)c(C)cc32)cc1. The molecule has 0 aliphatic heterocycles. The number of aliphatic hydroxyl groups excluding tert-OH is 1. The van der Waals surface area contributed by atoms with Crippen LogP contribution >= 0.6 is 0 Å². The van der Waals surface area contributed by atoms with E-state index >= 15 is 0 Å². The summed E-state index contributed by atoms with van der Waals surface area (Å²) >= 11 is 0. The summed E-state index contributed by atoms with van der Waals surface area (Å²) < 4.78 is 13.3. The summed E-state index contributed by atoms with van der Waals surface area (Å²) in [5, 5.41) is 9.18. The third-order valence-corrected chi connectivity index (χ3v) is 4.64. The molecular formula is C21H26N2O3. The molecule has 0 spiro atoms. The van der Waals surface area contributed by atoms with Gasteiger partial charge in [0.15, 0.2) is 0 Å². The lowest BCUT2D eigenvalue weighted by molar-refractivity contribution is 0.283. The van der Waals surface area contributed by atoms with Crippen molar-refractivity contribution in [1.82, 2.24) is 9.55 Å². The minimum atomic E-state index is 0.170. The Morgan fingerprint density at radius 3 is 2.42 bits per heavy atom. The van der Waals surface area contributed by atoms with Crippen LogP contribution in [0, 0.1) is 13.8 Å². The summed E-state index contributed by atoms with van der Waals surface area (Å²) in [6, 6.07) is 11.9. The summed E-state index contributed by atoms with van der Waals surface area (Å²) in [6.45, 7) is 5.66. The predicted molar refractivity (Wildman–Crippen MR) is 103 cm³/mol. The first kappa shape index (κ1) is 18.3. The number of hydrogen-bond donors (Lipinski definition) is 1. The summed E-state index contributed by atoms with van der Waals surface area (Å²) in [5.41, 5.74) is 4.62. The molecule has 1 heterocycles. The molecule has 1 aromatic heterocycles. The Morgan fingerprint density at radius 2 is 1.73 bits per heavy atom. The largest absolute Gasteiger partial charge is 0.497 e. The average Bonchev–Trinajstić information content (AvgIpc) is 2.97. The molecule has 0 fully saturated rings. The molecule has 5 nitrogen and oxygen atoms in total. The number of methoxy groups -OCH3 is 1. The van der Waals surface area contributed by atoms with Crippen molar-refractivity contribution in [2.45, 2.75) is 33.2 Å². The van der Waals surface area contributed by atoms with Crippen LogP contribution in [-0.2, 0) is 13.0 Å². The van der Waals surface area contributed by atoms with Crippen molar-refractivity contribution in [3.63, 3.8) is 0 Å². The molecule has 0 aliphatic rings. The van der Waals surface area contributed by atoms with Gasteiger partial charge in [-0.2, -0.15) is 0 Å². The third-order valence-electron chi connectivity index (χ3n) is 4.64. The van der Waals surface area contributed by atoms with Gasteiger partial charge in [0.25, 0.3) is 0 Å². The molecule has 1 N–H and O–H groups in total. The molecular weight excluding hydrogens is 328 g/mol. The van der Waals surface area contributed by atoms with Crippen molar-refractivity contribution in [2.24, 2.45) is 0 Å². The number of fused-ring (bicyclic) bond motifs is 1. The van der Waals surface area contributed by atoms with E-state index in [-0.39, 0.29) is 6.61 Å². The Labute approximate surface area is 154 Å². The first-order chi connectivity index (χ1) is 12.6. The van der Waals surface area contributed by atoms with Crippen molar-refractivity contribution >= 4 is 11.0 Å². The minimum absolute atomic E-state index is 0.170. The Bertz CT molecular complexity index is 869. The average molecular weight is 354 g/mol. The maximum absolute atomic E-state index is 9.18. The second-order valence-corrected chi connectivity index (χ2v) is 6.46. The van der Waals surface area contributed by atoms with Crippen LogP contribution in [0.1, 0.15) is 23.4 Å². The quantitative estimate of drug-likeness (QED) is 0.671. The molecule has 0 radical (unpaired) electrons. The molecule has 0 saturated carbocycles. The first-order valence-corrected chi connectivity index (χ1v) is 8.96. The van der Waals surface area contributed by atoms with Crippen molar-refractivity contribution in [3.8, 4) is 11.5 Å². The van der Waals surface area contributed by atoms with Crippen molar-refractivity contribution in [2.75, 3.05) is 20.3 Å². The molecule has 3 aromatic rings. The normalized spacial score (nSPS) is 11.1. The number of hydrogen-bond acceptors (Lipinski definition) is 4. The molecule has 3 rings (SSSR count). The molecule has 0 aliphatic carbocycles. The number of aromatic nitrogens is 2. The fraction of sp³-hybridized carbons (Fsp3) is 0.381. The van der Waals surface area contributed by atoms with Gasteiger partial charge < -0.3 is 19.1 Å². The number of rotatable bonds is 8. The summed E-state index contributed by atoms with van der Waals surface area (Å²) in [5.74, 6) is 2.63. The lowest BCUT2D eigenvalue weighted by atomic mass is 10.1. The van der Waals surface area contributed by atoms with E-state index in [0.717, 1.165) is 34.8 Å². The Kier molecular flexibility index (Phi) is 5.78. The van der Waals surface area contributed by atoms with Crippen LogP contribution in [0.4, 0.5) is 0 Å². The summed E-state index contributed by atoms with van der Waals surface area (Å²) in [7, 11) is 1.65. The highest BCUT2D eigenvalue weighted by Gasteiger charge is 2.12. The standard InChI is InChI=1S/C21H26N2O3/c1-15-13-19-20(14-16(15)2)23(21(22-19)5-4-11-24)10-12-26-18-8-6-17(25-3)7-9-18/h6-9,13-14,24H,4-5,10-12H2,1-3H3. The zero-order valence-corrected chi connectivity index (χ0v) is 15.7. The van der Waals surface area contributed by atoms with E-state index in [1.54, 1.807) is 7.11 Å². The van der Waals surface area contributed by atoms with Gasteiger partial charge in [0.2, 0.25) is 0 Å². The zero-order chi connectivity index (χ0) is 18.5. The monoisotopic (exact) mass is 354 g/mol. The summed E-state index contributed by atoms with van der Waals surface area (Å²) in [6.07, 6.45) is 1.46. The Hall–Kier alpha value is -2.53. The van der Waals surface area contributed by atoms with E-state index < -0.39 is 0 Å². The number of aryl methyl sites for hydroxylation is 3. The van der Waals surface area contributed by atoms with Crippen molar-refractivity contribution in [3.05, 3.63) is 53.3 Å². The van der Waals surface area contributed by atoms with E-state index in [0.29, 0.717) is 19.6 Å². The van der Waals surface area contributed by atoms with Crippen LogP contribution in [0.2, 0.25) is 0 Å². The molecule has 0 amide bonds. The Morgan fingerprint density at radius 1 is 1.04 bits per heavy atom. The number of nitrogens with zero attached hydrogens (tertiary/aromatic N) is 2. The highest BCUT2D eigenvalue weighted by molar-refractivity contribution is 5.78.